The fraction of sp³-hybridized carbons (Fsp3) is 0.312. The van der Waals surface area contributed by atoms with E-state index >= 15 is 0 Å². The number of aliphatic hydroxyl groups is 2. The highest BCUT2D eigenvalue weighted by atomic mass is 16.5. The van der Waals surface area contributed by atoms with Crippen molar-refractivity contribution in [3.63, 3.8) is 0 Å². The number of carbonyl (C=O) groups excluding carboxylic acids is 1. The van der Waals surface area contributed by atoms with Gasteiger partial charge in [0.15, 0.2) is 0 Å². The molecule has 3 N–H and O–H groups in total. The van der Waals surface area contributed by atoms with E-state index in [1.165, 1.54) is 0 Å². The molecule has 0 aliphatic heterocycles. The molecule has 0 bridgehead atoms. The van der Waals surface area contributed by atoms with Crippen LogP contribution in [0, 0.1) is 0 Å². The van der Waals surface area contributed by atoms with Gasteiger partial charge in [-0.05, 0) is 22.9 Å². The van der Waals surface area contributed by atoms with Gasteiger partial charge in [0.2, 0.25) is 5.91 Å². The minimum Gasteiger partial charge on any atom is -0.491 e. The quantitative estimate of drug-likeness (QED) is 0.712. The molecule has 5 heteroatoms. The number of nitrogens with one attached hydrogen (secondary N) is 1. The lowest BCUT2D eigenvalue weighted by Gasteiger charge is -2.12. The highest BCUT2D eigenvalue weighted by molar-refractivity contribution is 5.83. The molecule has 1 atom stereocenters. The Labute approximate surface area is 123 Å². The Morgan fingerprint density at radius 3 is 2.71 bits per heavy atom. The number of hydrogen-bond acceptors (Lipinski definition) is 4. The van der Waals surface area contributed by atoms with Crippen LogP contribution in [0.1, 0.15) is 6.42 Å². The predicted molar refractivity (Wildman–Crippen MR) is 80.2 cm³/mol. The Hall–Kier alpha value is -2.11. The summed E-state index contributed by atoms with van der Waals surface area (Å²) in [5, 5.41) is 23.0. The van der Waals surface area contributed by atoms with Crippen molar-refractivity contribution in [2.24, 2.45) is 0 Å². The summed E-state index contributed by atoms with van der Waals surface area (Å²) in [6, 6.07) is 13.6. The maximum absolute atomic E-state index is 11.4. The average Bonchev–Trinajstić information content (AvgIpc) is 2.50. The topological polar surface area (TPSA) is 78.8 Å². The molecule has 2 rings (SSSR count). The van der Waals surface area contributed by atoms with Gasteiger partial charge in [0.25, 0.3) is 0 Å². The molecular formula is C16H19NO4. The van der Waals surface area contributed by atoms with Crippen molar-refractivity contribution in [2.45, 2.75) is 12.5 Å². The van der Waals surface area contributed by atoms with E-state index in [2.05, 4.69) is 5.32 Å². The van der Waals surface area contributed by atoms with Gasteiger partial charge in [0, 0.05) is 6.54 Å². The Bertz CT molecular complexity index is 600. The molecule has 0 saturated heterocycles. The summed E-state index contributed by atoms with van der Waals surface area (Å²) < 4.78 is 5.50. The molecule has 112 valence electrons. The summed E-state index contributed by atoms with van der Waals surface area (Å²) in [5.74, 6) is 0.349. The number of benzene rings is 2. The van der Waals surface area contributed by atoms with Gasteiger partial charge in [-0.1, -0.05) is 30.3 Å². The van der Waals surface area contributed by atoms with E-state index in [4.69, 9.17) is 9.84 Å². The first-order chi connectivity index (χ1) is 10.2. The van der Waals surface area contributed by atoms with Gasteiger partial charge < -0.3 is 20.3 Å². The third kappa shape index (κ3) is 4.73. The fourth-order valence-corrected chi connectivity index (χ4v) is 1.99. The second kappa shape index (κ2) is 7.61. The first-order valence-corrected chi connectivity index (χ1v) is 6.86. The lowest BCUT2D eigenvalue weighted by molar-refractivity contribution is -0.123. The smallest absolute Gasteiger partial charge is 0.222 e. The molecule has 21 heavy (non-hydrogen) atoms. The second-order valence-electron chi connectivity index (χ2n) is 4.75. The largest absolute Gasteiger partial charge is 0.491 e. The molecule has 0 unspecified atom stereocenters. The number of rotatable bonds is 7. The van der Waals surface area contributed by atoms with Crippen molar-refractivity contribution in [3.05, 3.63) is 42.5 Å². The van der Waals surface area contributed by atoms with Gasteiger partial charge in [-0.25, -0.2) is 0 Å². The molecule has 0 heterocycles. The van der Waals surface area contributed by atoms with Crippen molar-refractivity contribution in [1.82, 2.24) is 5.32 Å². The van der Waals surface area contributed by atoms with Crippen LogP contribution in [0.3, 0.4) is 0 Å². The predicted octanol–water partition coefficient (Wildman–Crippen LogP) is 1.08. The van der Waals surface area contributed by atoms with E-state index in [9.17, 15) is 9.90 Å². The molecule has 0 aliphatic rings. The Balaban J connectivity index is 1.84. The lowest BCUT2D eigenvalue weighted by atomic mass is 10.1. The van der Waals surface area contributed by atoms with Crippen LogP contribution in [0.25, 0.3) is 10.8 Å². The fourth-order valence-electron chi connectivity index (χ4n) is 1.99. The first-order valence-electron chi connectivity index (χ1n) is 6.86. The SMILES string of the molecule is O=C(C[C@@H](O)COc1ccc2ccccc2c1)NCCO. The van der Waals surface area contributed by atoms with Crippen molar-refractivity contribution >= 4 is 16.7 Å². The molecule has 0 fully saturated rings. The van der Waals surface area contributed by atoms with Crippen LogP contribution in [-0.2, 0) is 4.79 Å². The molecule has 2 aromatic rings. The van der Waals surface area contributed by atoms with Crippen molar-refractivity contribution in [2.75, 3.05) is 19.8 Å². The number of aliphatic hydroxyl groups excluding tert-OH is 2. The Morgan fingerprint density at radius 2 is 1.95 bits per heavy atom. The summed E-state index contributed by atoms with van der Waals surface area (Å²) in [5.41, 5.74) is 0. The van der Waals surface area contributed by atoms with E-state index < -0.39 is 6.10 Å². The normalized spacial score (nSPS) is 12.1. The molecule has 0 spiro atoms. The molecule has 0 aromatic heterocycles. The standard InChI is InChI=1S/C16H19NO4/c18-8-7-17-16(20)10-14(19)11-21-15-6-5-12-3-1-2-4-13(12)9-15/h1-6,9,14,18-19H,7-8,10-11H2,(H,17,20)/t14-/m1/s1. The van der Waals surface area contributed by atoms with Crippen LogP contribution in [0.5, 0.6) is 5.75 Å². The summed E-state index contributed by atoms with van der Waals surface area (Å²) >= 11 is 0. The Kier molecular flexibility index (Phi) is 5.54. The van der Waals surface area contributed by atoms with Crippen molar-refractivity contribution < 1.29 is 19.7 Å². The molecule has 1 amide bonds. The molecule has 5 nitrogen and oxygen atoms in total. The van der Waals surface area contributed by atoms with Crippen molar-refractivity contribution in [1.29, 1.82) is 0 Å². The van der Waals surface area contributed by atoms with Crippen LogP contribution in [0.4, 0.5) is 0 Å². The zero-order valence-electron chi connectivity index (χ0n) is 11.7. The van der Waals surface area contributed by atoms with Gasteiger partial charge in [0.1, 0.15) is 12.4 Å². The van der Waals surface area contributed by atoms with Gasteiger partial charge in [-0.3, -0.25) is 4.79 Å². The first kappa shape index (κ1) is 15.3. The van der Waals surface area contributed by atoms with Gasteiger partial charge in [0.05, 0.1) is 19.1 Å². The van der Waals surface area contributed by atoms with Crippen molar-refractivity contribution in [3.8, 4) is 5.75 Å². The van der Waals surface area contributed by atoms with Crippen LogP contribution >= 0.6 is 0 Å². The third-order valence-corrected chi connectivity index (χ3v) is 3.02. The highest BCUT2D eigenvalue weighted by Crippen LogP contribution is 2.20. The molecule has 2 aromatic carbocycles. The van der Waals surface area contributed by atoms with Crippen LogP contribution in [0.15, 0.2) is 42.5 Å². The summed E-state index contributed by atoms with van der Waals surface area (Å²) in [6.07, 6.45) is -0.928. The van der Waals surface area contributed by atoms with Gasteiger partial charge >= 0.3 is 0 Å². The van der Waals surface area contributed by atoms with Crippen LogP contribution in [-0.4, -0.2) is 42.0 Å². The van der Waals surface area contributed by atoms with E-state index in [1.54, 1.807) is 0 Å². The second-order valence-corrected chi connectivity index (χ2v) is 4.75. The number of carbonyl (C=O) groups is 1. The number of hydrogen-bond donors (Lipinski definition) is 3. The van der Waals surface area contributed by atoms with E-state index in [0.29, 0.717) is 5.75 Å². The molecule has 0 radical (unpaired) electrons. The highest BCUT2D eigenvalue weighted by Gasteiger charge is 2.11. The van der Waals surface area contributed by atoms with E-state index in [-0.39, 0.29) is 32.1 Å². The van der Waals surface area contributed by atoms with Gasteiger partial charge in [-0.2, -0.15) is 0 Å². The molecular weight excluding hydrogens is 270 g/mol. The van der Waals surface area contributed by atoms with E-state index in [1.807, 2.05) is 42.5 Å². The lowest BCUT2D eigenvalue weighted by Crippen LogP contribution is -2.31. The minimum atomic E-state index is -0.879. The van der Waals surface area contributed by atoms with Crippen LogP contribution in [0.2, 0.25) is 0 Å². The summed E-state index contributed by atoms with van der Waals surface area (Å²) in [7, 11) is 0. The monoisotopic (exact) mass is 289 g/mol. The molecule has 0 aliphatic carbocycles. The number of fused-ring (bicyclic) bond motifs is 1. The zero-order chi connectivity index (χ0) is 15.1. The average molecular weight is 289 g/mol. The number of ether oxygens (including phenoxy) is 1. The number of amides is 1. The van der Waals surface area contributed by atoms with Gasteiger partial charge in [-0.15, -0.1) is 0 Å². The maximum atomic E-state index is 11.4. The Morgan fingerprint density at radius 1 is 1.19 bits per heavy atom. The van der Waals surface area contributed by atoms with Crippen LogP contribution < -0.4 is 10.1 Å². The molecule has 0 saturated carbocycles. The summed E-state index contributed by atoms with van der Waals surface area (Å²) in [6.45, 7) is 0.122. The zero-order valence-corrected chi connectivity index (χ0v) is 11.7. The third-order valence-electron chi connectivity index (χ3n) is 3.02. The minimum absolute atomic E-state index is 0.0465. The van der Waals surface area contributed by atoms with E-state index in [0.717, 1.165) is 10.8 Å². The maximum Gasteiger partial charge on any atom is 0.222 e. The summed E-state index contributed by atoms with van der Waals surface area (Å²) in [4.78, 5) is 11.4.